The number of halogens is 4. The van der Waals surface area contributed by atoms with Crippen molar-refractivity contribution in [2.75, 3.05) is 20.2 Å². The van der Waals surface area contributed by atoms with E-state index >= 15 is 0 Å². The third-order valence-electron chi connectivity index (χ3n) is 5.51. The number of likely N-dealkylation sites (N-methyl/N-ethyl adjacent to an activating group) is 1. The molecule has 1 aromatic heterocycles. The lowest BCUT2D eigenvalue weighted by Crippen LogP contribution is -2.47. The van der Waals surface area contributed by atoms with Crippen LogP contribution in [0.15, 0.2) is 35.5 Å². The van der Waals surface area contributed by atoms with Crippen molar-refractivity contribution in [3.8, 4) is 0 Å². The molecule has 0 saturated carbocycles. The fourth-order valence-corrected chi connectivity index (χ4v) is 3.49. The molecular weight excluding hydrogens is 446 g/mol. The maximum absolute atomic E-state index is 13.7. The van der Waals surface area contributed by atoms with Gasteiger partial charge in [0, 0.05) is 36.5 Å². The zero-order valence-electron chi connectivity index (χ0n) is 18.9. The van der Waals surface area contributed by atoms with Crippen LogP contribution in [-0.2, 0) is 17.8 Å². The molecule has 0 aliphatic carbocycles. The molecule has 1 aliphatic rings. The van der Waals surface area contributed by atoms with Gasteiger partial charge in [0.25, 0.3) is 5.91 Å². The van der Waals surface area contributed by atoms with Crippen molar-refractivity contribution in [2.45, 2.75) is 52.3 Å². The highest BCUT2D eigenvalue weighted by molar-refractivity contribution is 5.94. The van der Waals surface area contributed by atoms with Crippen LogP contribution in [0.1, 0.15) is 42.4 Å². The molecule has 4 N–H and O–H groups in total. The van der Waals surface area contributed by atoms with Gasteiger partial charge in [-0.3, -0.25) is 9.78 Å². The van der Waals surface area contributed by atoms with E-state index in [1.807, 2.05) is 0 Å². The number of fused-ring (bicyclic) bond motifs is 1. The van der Waals surface area contributed by atoms with Gasteiger partial charge in [0.05, 0.1) is 5.70 Å². The van der Waals surface area contributed by atoms with Crippen molar-refractivity contribution in [1.82, 2.24) is 15.6 Å². The fraction of sp³-hybridized carbons (Fsp3) is 0.524. The molecule has 1 amide bonds. The molecule has 1 aromatic rings. The number of aromatic nitrogens is 1. The molecule has 184 valence electrons. The Morgan fingerprint density at radius 2 is 2.09 bits per heavy atom. The number of hydrogen-bond donors (Lipinski definition) is 3. The number of carbonyl (C=O) groups excluding carboxylic acids is 1. The number of alkyl halides is 4. The summed E-state index contributed by atoms with van der Waals surface area (Å²) in [7, 11) is 1.58. The van der Waals surface area contributed by atoms with E-state index in [9.17, 15) is 27.6 Å². The minimum absolute atomic E-state index is 0.00514. The molecule has 12 heteroatoms. The summed E-state index contributed by atoms with van der Waals surface area (Å²) in [6.45, 7) is 3.86. The van der Waals surface area contributed by atoms with Crippen molar-refractivity contribution >= 4 is 5.91 Å². The Kier molecular flexibility index (Phi) is 8.30. The van der Waals surface area contributed by atoms with Gasteiger partial charge in [0.1, 0.15) is 24.8 Å². The standard InChI is InChI=1S/C21H29F4N5O3/c1-5-28-19(31)17-15-10-30(32,9-14(15)6-7-29-17)13(3)16(27-4)8-12(2)18(26)33-11-21(24,25)20(22)23/h6-8,13,20,27H,5,9-11,26H2,1-4H3,(H,28,31)/b16-8-,18-12+. The molecule has 0 fully saturated rings. The monoisotopic (exact) mass is 475 g/mol. The Morgan fingerprint density at radius 3 is 2.67 bits per heavy atom. The number of carbonyl (C=O) groups is 1. The number of ether oxygens (including phenoxy) is 1. The highest BCUT2D eigenvalue weighted by Crippen LogP contribution is 2.35. The molecule has 1 aliphatic heterocycles. The Bertz CT molecular complexity index is 938. The van der Waals surface area contributed by atoms with Gasteiger partial charge in [-0.15, -0.1) is 0 Å². The van der Waals surface area contributed by atoms with E-state index in [-0.39, 0.29) is 30.3 Å². The number of rotatable bonds is 10. The number of nitrogens with one attached hydrogen (secondary N) is 2. The van der Waals surface area contributed by atoms with E-state index < -0.39 is 35.5 Å². The first kappa shape index (κ1) is 26.4. The Balaban J connectivity index is 2.25. The zero-order valence-corrected chi connectivity index (χ0v) is 18.9. The molecule has 0 bridgehead atoms. The van der Waals surface area contributed by atoms with Gasteiger partial charge >= 0.3 is 12.3 Å². The average molecular weight is 475 g/mol. The van der Waals surface area contributed by atoms with Gasteiger partial charge in [-0.05, 0) is 32.9 Å². The molecule has 2 atom stereocenters. The van der Waals surface area contributed by atoms with Crippen LogP contribution in [0.3, 0.4) is 0 Å². The molecule has 33 heavy (non-hydrogen) atoms. The number of amides is 1. The van der Waals surface area contributed by atoms with Gasteiger partial charge < -0.3 is 31.0 Å². The highest BCUT2D eigenvalue weighted by atomic mass is 19.3. The van der Waals surface area contributed by atoms with Crippen LogP contribution in [0.2, 0.25) is 0 Å². The number of pyridine rings is 1. The number of hydroxylamine groups is 3. The van der Waals surface area contributed by atoms with E-state index in [0.717, 1.165) is 0 Å². The lowest BCUT2D eigenvalue weighted by atomic mass is 10.1. The summed E-state index contributed by atoms with van der Waals surface area (Å²) < 4.78 is 54.7. The minimum atomic E-state index is -4.34. The van der Waals surface area contributed by atoms with Gasteiger partial charge in [-0.25, -0.2) is 8.78 Å². The van der Waals surface area contributed by atoms with Crippen LogP contribution < -0.4 is 16.4 Å². The maximum Gasteiger partial charge on any atom is 0.340 e. The van der Waals surface area contributed by atoms with Crippen LogP contribution >= 0.6 is 0 Å². The smallest absolute Gasteiger partial charge is 0.340 e. The van der Waals surface area contributed by atoms with Crippen LogP contribution in [0.4, 0.5) is 17.6 Å². The van der Waals surface area contributed by atoms with Crippen molar-refractivity contribution in [2.24, 2.45) is 5.73 Å². The average Bonchev–Trinajstić information content (AvgIpc) is 3.12. The molecule has 2 rings (SSSR count). The summed E-state index contributed by atoms with van der Waals surface area (Å²) in [6.07, 6.45) is -0.947. The van der Waals surface area contributed by atoms with Gasteiger partial charge in [0.15, 0.2) is 12.5 Å². The Labute approximate surface area is 189 Å². The maximum atomic E-state index is 13.7. The largest absolute Gasteiger partial charge is 0.632 e. The molecule has 0 saturated heterocycles. The fourth-order valence-electron chi connectivity index (χ4n) is 3.49. The van der Waals surface area contributed by atoms with Crippen LogP contribution in [-0.4, -0.2) is 54.1 Å². The van der Waals surface area contributed by atoms with Gasteiger partial charge in [0.2, 0.25) is 0 Å². The summed E-state index contributed by atoms with van der Waals surface area (Å²) in [4.78, 5) is 16.5. The number of hydrogen-bond acceptors (Lipinski definition) is 6. The molecule has 0 aromatic carbocycles. The lowest BCUT2D eigenvalue weighted by Gasteiger charge is -2.44. The number of quaternary nitrogens is 1. The second-order valence-electron chi connectivity index (χ2n) is 7.85. The van der Waals surface area contributed by atoms with Crippen LogP contribution in [0, 0.1) is 5.21 Å². The number of nitrogens with two attached hydrogens (primary N) is 1. The van der Waals surface area contributed by atoms with Crippen molar-refractivity contribution in [3.63, 3.8) is 0 Å². The predicted octanol–water partition coefficient (Wildman–Crippen LogP) is 2.76. The molecule has 0 spiro atoms. The van der Waals surface area contributed by atoms with Crippen LogP contribution in [0.25, 0.3) is 0 Å². The summed E-state index contributed by atoms with van der Waals surface area (Å²) in [5, 5.41) is 19.3. The van der Waals surface area contributed by atoms with E-state index in [4.69, 9.17) is 5.73 Å². The molecule has 0 radical (unpaired) electrons. The zero-order chi connectivity index (χ0) is 25.0. The first-order chi connectivity index (χ1) is 15.4. The Morgan fingerprint density at radius 1 is 1.42 bits per heavy atom. The van der Waals surface area contributed by atoms with E-state index in [1.54, 1.807) is 27.0 Å². The quantitative estimate of drug-likeness (QED) is 0.158. The first-order valence-electron chi connectivity index (χ1n) is 10.3. The summed E-state index contributed by atoms with van der Waals surface area (Å²) in [5.41, 5.74) is 7.75. The van der Waals surface area contributed by atoms with Crippen molar-refractivity contribution < 1.29 is 31.7 Å². The normalized spacial score (nSPS) is 20.2. The summed E-state index contributed by atoms with van der Waals surface area (Å²) in [6, 6.07) is 1.03. The highest BCUT2D eigenvalue weighted by Gasteiger charge is 2.42. The third kappa shape index (κ3) is 5.93. The van der Waals surface area contributed by atoms with E-state index in [0.29, 0.717) is 23.4 Å². The van der Waals surface area contributed by atoms with E-state index in [2.05, 4.69) is 20.4 Å². The van der Waals surface area contributed by atoms with Crippen LogP contribution in [0.5, 0.6) is 0 Å². The third-order valence-corrected chi connectivity index (χ3v) is 5.51. The molecule has 2 unspecified atom stereocenters. The summed E-state index contributed by atoms with van der Waals surface area (Å²) in [5.74, 6) is -5.15. The van der Waals surface area contributed by atoms with Gasteiger partial charge in [-0.2, -0.15) is 8.78 Å². The second kappa shape index (κ2) is 10.4. The second-order valence-corrected chi connectivity index (χ2v) is 7.85. The Hall–Kier alpha value is -2.86. The topological polar surface area (TPSA) is 112 Å². The molecule has 8 nitrogen and oxygen atoms in total. The predicted molar refractivity (Wildman–Crippen MR) is 114 cm³/mol. The molecule has 2 heterocycles. The van der Waals surface area contributed by atoms with Crippen molar-refractivity contribution in [1.29, 1.82) is 0 Å². The lowest BCUT2D eigenvalue weighted by molar-refractivity contribution is -0.917. The molecular formula is C21H29F4N5O3. The minimum Gasteiger partial charge on any atom is -0.632 e. The summed E-state index contributed by atoms with van der Waals surface area (Å²) >= 11 is 0. The van der Waals surface area contributed by atoms with Crippen molar-refractivity contribution in [3.05, 3.63) is 57.5 Å². The van der Waals surface area contributed by atoms with Gasteiger partial charge in [-0.1, -0.05) is 0 Å². The number of nitrogens with zero attached hydrogens (tertiary/aromatic N) is 2. The SMILES string of the molecule is CCNC(=O)c1nccc2c1C[N+]([O-])(C(C)/C(=C/C(C)=C(\N)OCC(F)(F)C(F)F)NC)C2. The first-order valence-corrected chi connectivity index (χ1v) is 10.3. The van der Waals surface area contributed by atoms with E-state index in [1.165, 1.54) is 19.2 Å². The number of allylic oxidation sites excluding steroid dienone is 2.